The molecule has 3 atom stereocenters. The van der Waals surface area contributed by atoms with Crippen molar-refractivity contribution in [2.24, 2.45) is 0 Å². The van der Waals surface area contributed by atoms with Gasteiger partial charge in [0, 0.05) is 36.3 Å². The highest BCUT2D eigenvalue weighted by molar-refractivity contribution is 6.03. The monoisotopic (exact) mass is 557 g/mol. The number of hydrogen-bond donors (Lipinski definition) is 1. The Bertz CT molecular complexity index is 1720. The van der Waals surface area contributed by atoms with Crippen LogP contribution in [0, 0.1) is 24.0 Å². The smallest absolute Gasteiger partial charge is 0.319 e. The van der Waals surface area contributed by atoms with Crippen LogP contribution >= 0.6 is 0 Å². The fourth-order valence-corrected chi connectivity index (χ4v) is 6.17. The summed E-state index contributed by atoms with van der Waals surface area (Å²) in [4.78, 5) is 18.2. The lowest BCUT2D eigenvalue weighted by Crippen LogP contribution is -2.31. The Morgan fingerprint density at radius 2 is 2.07 bits per heavy atom. The lowest BCUT2D eigenvalue weighted by Gasteiger charge is -2.24. The van der Waals surface area contributed by atoms with Crippen molar-refractivity contribution in [1.29, 1.82) is 0 Å². The maximum Gasteiger partial charge on any atom is 0.319 e. The normalized spacial score (nSPS) is 22.5. The SMILES string of the molecule is C#Cc1c(F)ccc2cc(O)cc(-c3ncc4c(N5CCCOC6C[C@@H]65)nc(OC[C@H]5CCCN5C)nc4c3F)c12. The largest absolute Gasteiger partial charge is 0.508 e. The van der Waals surface area contributed by atoms with E-state index in [2.05, 4.69) is 32.7 Å². The molecule has 0 radical (unpaired) electrons. The summed E-state index contributed by atoms with van der Waals surface area (Å²) in [7, 11) is 2.06. The number of aromatic hydroxyl groups is 1. The second-order valence-corrected chi connectivity index (χ2v) is 11.0. The van der Waals surface area contributed by atoms with Gasteiger partial charge in [-0.1, -0.05) is 12.0 Å². The maximum absolute atomic E-state index is 16.6. The zero-order valence-electron chi connectivity index (χ0n) is 22.6. The maximum atomic E-state index is 16.6. The van der Waals surface area contributed by atoms with Crippen molar-refractivity contribution in [3.05, 3.63) is 47.7 Å². The molecule has 4 heterocycles. The second-order valence-electron chi connectivity index (χ2n) is 11.0. The number of rotatable bonds is 5. The van der Waals surface area contributed by atoms with Crippen LogP contribution < -0.4 is 9.64 Å². The van der Waals surface area contributed by atoms with Gasteiger partial charge in [0.15, 0.2) is 5.82 Å². The number of likely N-dealkylation sites (tertiary alicyclic amines) is 1. The lowest BCUT2D eigenvalue weighted by molar-refractivity contribution is 0.124. The minimum Gasteiger partial charge on any atom is -0.508 e. The Morgan fingerprint density at radius 1 is 1.20 bits per heavy atom. The van der Waals surface area contributed by atoms with Gasteiger partial charge in [0.2, 0.25) is 0 Å². The number of benzene rings is 2. The predicted molar refractivity (Wildman–Crippen MR) is 151 cm³/mol. The van der Waals surface area contributed by atoms with Gasteiger partial charge in [-0.05, 0) is 62.9 Å². The molecule has 4 aromatic rings. The van der Waals surface area contributed by atoms with E-state index in [1.807, 2.05) is 0 Å². The third-order valence-corrected chi connectivity index (χ3v) is 8.42. The molecule has 0 bridgehead atoms. The average molecular weight is 558 g/mol. The minimum atomic E-state index is -0.730. The molecule has 1 aliphatic carbocycles. The highest BCUT2D eigenvalue weighted by Gasteiger charge is 2.45. The molecule has 1 unspecified atom stereocenters. The van der Waals surface area contributed by atoms with Crippen LogP contribution in [0.3, 0.4) is 0 Å². The van der Waals surface area contributed by atoms with Crippen molar-refractivity contribution in [2.45, 2.75) is 43.9 Å². The first kappa shape index (κ1) is 25.9. The molecule has 210 valence electrons. The molecule has 3 fully saturated rings. The Hall–Kier alpha value is -4.07. The number of hydrogen-bond acceptors (Lipinski definition) is 8. The Morgan fingerprint density at radius 3 is 2.88 bits per heavy atom. The first-order valence-corrected chi connectivity index (χ1v) is 13.9. The number of fused-ring (bicyclic) bond motifs is 3. The topological polar surface area (TPSA) is 83.8 Å². The summed E-state index contributed by atoms with van der Waals surface area (Å²) in [6, 6.07) is 5.98. The molecule has 0 amide bonds. The van der Waals surface area contributed by atoms with E-state index in [9.17, 15) is 9.50 Å². The van der Waals surface area contributed by atoms with Crippen LogP contribution in [0.15, 0.2) is 30.5 Å². The van der Waals surface area contributed by atoms with Crippen LogP contribution in [0.2, 0.25) is 0 Å². The van der Waals surface area contributed by atoms with E-state index < -0.39 is 11.6 Å². The van der Waals surface area contributed by atoms with Crippen molar-refractivity contribution in [1.82, 2.24) is 19.9 Å². The number of phenols is 1. The van der Waals surface area contributed by atoms with Crippen LogP contribution in [-0.2, 0) is 4.74 Å². The summed E-state index contributed by atoms with van der Waals surface area (Å²) in [6.07, 6.45) is 11.1. The zero-order valence-corrected chi connectivity index (χ0v) is 22.6. The molecule has 2 aliphatic heterocycles. The first-order chi connectivity index (χ1) is 19.9. The van der Waals surface area contributed by atoms with E-state index in [0.717, 1.165) is 32.2 Å². The first-order valence-electron chi connectivity index (χ1n) is 13.9. The van der Waals surface area contributed by atoms with Crippen LogP contribution in [0.25, 0.3) is 32.9 Å². The summed E-state index contributed by atoms with van der Waals surface area (Å²) >= 11 is 0. The summed E-state index contributed by atoms with van der Waals surface area (Å²) < 4.78 is 43.3. The van der Waals surface area contributed by atoms with Crippen molar-refractivity contribution < 1.29 is 23.4 Å². The molecule has 1 saturated carbocycles. The van der Waals surface area contributed by atoms with E-state index in [4.69, 9.17) is 20.9 Å². The zero-order chi connectivity index (χ0) is 28.2. The van der Waals surface area contributed by atoms with Gasteiger partial charge in [0.05, 0.1) is 23.1 Å². The number of terminal acetylenes is 1. The van der Waals surface area contributed by atoms with E-state index in [0.29, 0.717) is 36.3 Å². The predicted octanol–water partition coefficient (Wildman–Crippen LogP) is 4.65. The van der Waals surface area contributed by atoms with Crippen molar-refractivity contribution >= 4 is 27.5 Å². The van der Waals surface area contributed by atoms with Gasteiger partial charge >= 0.3 is 6.01 Å². The quantitative estimate of drug-likeness (QED) is 0.355. The van der Waals surface area contributed by atoms with Gasteiger partial charge in [-0.3, -0.25) is 4.98 Å². The van der Waals surface area contributed by atoms with Crippen molar-refractivity contribution in [2.75, 3.05) is 38.3 Å². The summed E-state index contributed by atoms with van der Waals surface area (Å²) in [5.41, 5.74) is 0.0751. The summed E-state index contributed by atoms with van der Waals surface area (Å²) in [6.45, 7) is 2.74. The fourth-order valence-electron chi connectivity index (χ4n) is 6.17. The molecule has 3 aliphatic rings. The van der Waals surface area contributed by atoms with Gasteiger partial charge in [-0.25, -0.2) is 8.78 Å². The lowest BCUT2D eigenvalue weighted by atomic mass is 9.96. The van der Waals surface area contributed by atoms with Gasteiger partial charge in [-0.2, -0.15) is 9.97 Å². The van der Waals surface area contributed by atoms with E-state index >= 15 is 4.39 Å². The highest BCUT2D eigenvalue weighted by Crippen LogP contribution is 2.42. The molecule has 2 aromatic carbocycles. The number of halogens is 2. The number of anilines is 1. The number of phenolic OH excluding ortho intramolecular Hbond substituents is 1. The molecule has 41 heavy (non-hydrogen) atoms. The molecule has 10 heteroatoms. The number of nitrogens with zero attached hydrogens (tertiary/aromatic N) is 5. The number of ether oxygens (including phenoxy) is 2. The van der Waals surface area contributed by atoms with Gasteiger partial charge in [0.25, 0.3) is 0 Å². The van der Waals surface area contributed by atoms with Crippen molar-refractivity contribution in [3.63, 3.8) is 0 Å². The Labute approximate surface area is 235 Å². The standard InChI is InChI=1S/C31H29F2N5O3/c1-3-20-23(32)8-7-17-12-19(39)13-21(26(17)20)28-27(33)29-22(15-34-28)30(38-10-5-11-40-25-14-24(25)38)36-31(35-29)41-16-18-6-4-9-37(18)2/h1,7-8,12-13,15,18,24-25,39H,4-6,9-11,14,16H2,2H3/t18-,24+,25?/m1/s1. The van der Waals surface area contributed by atoms with Crippen molar-refractivity contribution in [3.8, 4) is 35.4 Å². The molecule has 2 saturated heterocycles. The molecular formula is C31H29F2N5O3. The summed E-state index contributed by atoms with van der Waals surface area (Å²) in [5, 5.41) is 11.7. The second kappa shape index (κ2) is 10.1. The molecular weight excluding hydrogens is 528 g/mol. The molecule has 2 aromatic heterocycles. The Kier molecular flexibility index (Phi) is 6.36. The molecule has 0 spiro atoms. The van der Waals surface area contributed by atoms with E-state index in [-0.39, 0.29) is 57.7 Å². The van der Waals surface area contributed by atoms with Gasteiger partial charge in [-0.15, -0.1) is 6.42 Å². The van der Waals surface area contributed by atoms with Crippen LogP contribution in [-0.4, -0.2) is 76.5 Å². The highest BCUT2D eigenvalue weighted by atomic mass is 19.1. The summed E-state index contributed by atoms with van der Waals surface area (Å²) in [5.74, 6) is 1.45. The minimum absolute atomic E-state index is 0.0313. The van der Waals surface area contributed by atoms with Gasteiger partial charge < -0.3 is 24.4 Å². The van der Waals surface area contributed by atoms with Crippen LogP contribution in [0.5, 0.6) is 11.8 Å². The third kappa shape index (κ3) is 4.49. The Balaban J connectivity index is 1.40. The van der Waals surface area contributed by atoms with Gasteiger partial charge in [0.1, 0.15) is 35.2 Å². The van der Waals surface area contributed by atoms with E-state index in [1.54, 1.807) is 0 Å². The molecule has 7 rings (SSSR count). The van der Waals surface area contributed by atoms with Crippen LogP contribution in [0.4, 0.5) is 14.6 Å². The van der Waals surface area contributed by atoms with E-state index in [1.165, 1.54) is 30.5 Å². The van der Waals surface area contributed by atoms with Crippen LogP contribution in [0.1, 0.15) is 31.2 Å². The molecule has 8 nitrogen and oxygen atoms in total. The average Bonchev–Trinajstić information content (AvgIpc) is 3.65. The third-order valence-electron chi connectivity index (χ3n) is 8.42. The number of pyridine rings is 1. The fraction of sp³-hybridized carbons (Fsp3) is 0.387. The number of likely N-dealkylation sites (N-methyl/N-ethyl adjacent to an activating group) is 1. The number of aromatic nitrogens is 3. The molecule has 1 N–H and O–H groups in total.